The Balaban J connectivity index is 2.48. The molecule has 3 nitrogen and oxygen atoms in total. The largest absolute Gasteiger partial charge is 0.361 e. The van der Waals surface area contributed by atoms with Gasteiger partial charge in [0.05, 0.1) is 0 Å². The third kappa shape index (κ3) is 4.89. The lowest BCUT2D eigenvalue weighted by molar-refractivity contribution is 0.413. The van der Waals surface area contributed by atoms with E-state index >= 15 is 0 Å². The van der Waals surface area contributed by atoms with E-state index in [-0.39, 0.29) is 0 Å². The molecule has 0 bridgehead atoms. The summed E-state index contributed by atoms with van der Waals surface area (Å²) in [6.07, 6.45) is 0. The van der Waals surface area contributed by atoms with Gasteiger partial charge in [-0.1, -0.05) is 17.7 Å². The average molecular weight is 272 g/mol. The maximum Gasteiger partial charge on any atom is 0.170 e. The molecule has 0 amide bonds. The number of benzene rings is 1. The number of rotatable bonds is 4. The smallest absolute Gasteiger partial charge is 0.170 e. The van der Waals surface area contributed by atoms with Crippen LogP contribution in [0.5, 0.6) is 0 Å². The molecule has 0 aliphatic carbocycles. The Bertz CT molecular complexity index is 393. The van der Waals surface area contributed by atoms with Crippen LogP contribution in [0.25, 0.3) is 0 Å². The number of halogens is 1. The van der Waals surface area contributed by atoms with Crippen LogP contribution >= 0.6 is 23.8 Å². The van der Waals surface area contributed by atoms with E-state index in [0.29, 0.717) is 5.11 Å². The van der Waals surface area contributed by atoms with E-state index in [1.807, 2.05) is 39.2 Å². The highest BCUT2D eigenvalue weighted by Gasteiger charge is 2.03. The van der Waals surface area contributed by atoms with Crippen LogP contribution in [0.3, 0.4) is 0 Å². The highest BCUT2D eigenvalue weighted by molar-refractivity contribution is 7.80. The minimum atomic E-state index is 0.622. The summed E-state index contributed by atoms with van der Waals surface area (Å²) in [5.74, 6) is 0. The molecule has 0 aliphatic rings. The maximum absolute atomic E-state index is 6.03. The van der Waals surface area contributed by atoms with Crippen molar-refractivity contribution in [3.05, 3.63) is 28.8 Å². The predicted octanol–water partition coefficient (Wildman–Crippen LogP) is 2.50. The SMILES string of the molecule is Cc1c(Cl)cccc1NC(=S)NCCN(C)C. The lowest BCUT2D eigenvalue weighted by Gasteiger charge is -2.14. The molecule has 0 radical (unpaired) electrons. The third-order valence-corrected chi connectivity index (χ3v) is 3.02. The van der Waals surface area contributed by atoms with Crippen LogP contribution < -0.4 is 10.6 Å². The predicted molar refractivity (Wildman–Crippen MR) is 79.0 cm³/mol. The Labute approximate surface area is 113 Å². The average Bonchev–Trinajstić information content (AvgIpc) is 2.24. The lowest BCUT2D eigenvalue weighted by atomic mass is 10.2. The first-order valence-electron chi connectivity index (χ1n) is 5.45. The molecule has 94 valence electrons. The number of hydrogen-bond donors (Lipinski definition) is 2. The molecule has 0 fully saturated rings. The summed E-state index contributed by atoms with van der Waals surface area (Å²) in [5.41, 5.74) is 1.95. The fourth-order valence-electron chi connectivity index (χ4n) is 1.30. The van der Waals surface area contributed by atoms with E-state index in [4.69, 9.17) is 23.8 Å². The zero-order valence-electron chi connectivity index (χ0n) is 10.4. The number of likely N-dealkylation sites (N-methyl/N-ethyl adjacent to an activating group) is 1. The van der Waals surface area contributed by atoms with Crippen molar-refractivity contribution in [3.63, 3.8) is 0 Å². The van der Waals surface area contributed by atoms with Gasteiger partial charge >= 0.3 is 0 Å². The lowest BCUT2D eigenvalue weighted by Crippen LogP contribution is -2.34. The number of nitrogens with one attached hydrogen (secondary N) is 2. The molecule has 5 heteroatoms. The fourth-order valence-corrected chi connectivity index (χ4v) is 1.69. The molecule has 0 atom stereocenters. The van der Waals surface area contributed by atoms with E-state index in [2.05, 4.69) is 15.5 Å². The third-order valence-electron chi connectivity index (χ3n) is 2.36. The van der Waals surface area contributed by atoms with Gasteiger partial charge in [-0.2, -0.15) is 0 Å². The quantitative estimate of drug-likeness (QED) is 0.823. The summed E-state index contributed by atoms with van der Waals surface area (Å²) in [6.45, 7) is 3.72. The molecule has 0 spiro atoms. The van der Waals surface area contributed by atoms with Crippen molar-refractivity contribution in [1.82, 2.24) is 10.2 Å². The van der Waals surface area contributed by atoms with Gasteiger partial charge in [-0.15, -0.1) is 0 Å². The molecule has 0 saturated carbocycles. The maximum atomic E-state index is 6.03. The second-order valence-electron chi connectivity index (χ2n) is 4.10. The van der Waals surface area contributed by atoms with Crippen molar-refractivity contribution in [2.24, 2.45) is 0 Å². The molecule has 0 heterocycles. The summed E-state index contributed by atoms with van der Waals surface area (Å²) in [7, 11) is 4.05. The van der Waals surface area contributed by atoms with Gasteiger partial charge in [0.1, 0.15) is 0 Å². The zero-order valence-corrected chi connectivity index (χ0v) is 12.0. The molecular weight excluding hydrogens is 254 g/mol. The van der Waals surface area contributed by atoms with E-state index < -0.39 is 0 Å². The Kier molecular flexibility index (Phi) is 5.68. The minimum absolute atomic E-state index is 0.622. The van der Waals surface area contributed by atoms with Crippen LogP contribution in [0.2, 0.25) is 5.02 Å². The van der Waals surface area contributed by atoms with E-state index in [1.165, 1.54) is 0 Å². The Morgan fingerprint density at radius 1 is 1.41 bits per heavy atom. The van der Waals surface area contributed by atoms with Gasteiger partial charge < -0.3 is 15.5 Å². The van der Waals surface area contributed by atoms with Gasteiger partial charge in [-0.05, 0) is 50.9 Å². The van der Waals surface area contributed by atoms with Crippen molar-refractivity contribution in [1.29, 1.82) is 0 Å². The first kappa shape index (κ1) is 14.2. The van der Waals surface area contributed by atoms with Gasteiger partial charge in [-0.25, -0.2) is 0 Å². The summed E-state index contributed by atoms with van der Waals surface area (Å²) in [4.78, 5) is 2.10. The summed E-state index contributed by atoms with van der Waals surface area (Å²) in [6, 6.07) is 5.73. The van der Waals surface area contributed by atoms with Crippen LogP contribution in [0, 0.1) is 6.92 Å². The monoisotopic (exact) mass is 271 g/mol. The van der Waals surface area contributed by atoms with E-state index in [0.717, 1.165) is 29.4 Å². The number of anilines is 1. The van der Waals surface area contributed by atoms with Crippen LogP contribution in [0.15, 0.2) is 18.2 Å². The van der Waals surface area contributed by atoms with E-state index in [9.17, 15) is 0 Å². The first-order chi connectivity index (χ1) is 8.00. The summed E-state index contributed by atoms with van der Waals surface area (Å²) >= 11 is 11.2. The van der Waals surface area contributed by atoms with Gasteiger partial charge in [0.25, 0.3) is 0 Å². The molecule has 0 saturated heterocycles. The topological polar surface area (TPSA) is 27.3 Å². The van der Waals surface area contributed by atoms with Crippen LogP contribution in [-0.4, -0.2) is 37.2 Å². The van der Waals surface area contributed by atoms with Crippen molar-refractivity contribution >= 4 is 34.6 Å². The first-order valence-corrected chi connectivity index (χ1v) is 6.24. The fraction of sp³-hybridized carbons (Fsp3) is 0.417. The molecule has 1 aromatic carbocycles. The van der Waals surface area contributed by atoms with Crippen molar-refractivity contribution < 1.29 is 0 Å². The normalized spacial score (nSPS) is 10.4. The molecule has 17 heavy (non-hydrogen) atoms. The molecule has 2 N–H and O–H groups in total. The minimum Gasteiger partial charge on any atom is -0.361 e. The van der Waals surface area contributed by atoms with E-state index in [1.54, 1.807) is 0 Å². The van der Waals surface area contributed by atoms with Gasteiger partial charge in [0.2, 0.25) is 0 Å². The van der Waals surface area contributed by atoms with Crippen LogP contribution in [-0.2, 0) is 0 Å². The molecule has 1 rings (SSSR count). The van der Waals surface area contributed by atoms with Gasteiger partial charge in [0.15, 0.2) is 5.11 Å². The van der Waals surface area contributed by atoms with Crippen molar-refractivity contribution in [2.75, 3.05) is 32.5 Å². The summed E-state index contributed by atoms with van der Waals surface area (Å²) in [5, 5.41) is 7.65. The van der Waals surface area contributed by atoms with Gasteiger partial charge in [-0.3, -0.25) is 0 Å². The highest BCUT2D eigenvalue weighted by atomic mass is 35.5. The van der Waals surface area contributed by atoms with Gasteiger partial charge in [0, 0.05) is 23.8 Å². The molecule has 0 aromatic heterocycles. The van der Waals surface area contributed by atoms with Crippen molar-refractivity contribution in [2.45, 2.75) is 6.92 Å². The van der Waals surface area contributed by atoms with Crippen LogP contribution in [0.4, 0.5) is 5.69 Å². The molecule has 0 unspecified atom stereocenters. The number of nitrogens with zero attached hydrogens (tertiary/aromatic N) is 1. The second-order valence-corrected chi connectivity index (χ2v) is 4.91. The zero-order chi connectivity index (χ0) is 12.8. The Morgan fingerprint density at radius 2 is 2.12 bits per heavy atom. The summed E-state index contributed by atoms with van der Waals surface area (Å²) < 4.78 is 0. The molecule has 1 aromatic rings. The molecular formula is C12H18ClN3S. The Hall–Kier alpha value is -0.840. The standard InChI is InChI=1S/C12H18ClN3S/c1-9-10(13)5-4-6-11(9)15-12(17)14-7-8-16(2)3/h4-6H,7-8H2,1-3H3,(H2,14,15,17). The number of hydrogen-bond acceptors (Lipinski definition) is 2. The van der Waals surface area contributed by atoms with Crippen LogP contribution in [0.1, 0.15) is 5.56 Å². The Morgan fingerprint density at radius 3 is 2.76 bits per heavy atom. The highest BCUT2D eigenvalue weighted by Crippen LogP contribution is 2.22. The van der Waals surface area contributed by atoms with Crippen molar-refractivity contribution in [3.8, 4) is 0 Å². The number of thiocarbonyl (C=S) groups is 1. The second kappa shape index (κ2) is 6.79. The molecule has 0 aliphatic heterocycles.